The number of carbonyl (C=O) groups is 2. The minimum Gasteiger partial charge on any atom is -0.378 e. The first-order valence-electron chi connectivity index (χ1n) is 19.4. The Morgan fingerprint density at radius 2 is 0.774 bits per heavy atom. The molecule has 0 bridgehead atoms. The van der Waals surface area contributed by atoms with E-state index in [1.54, 1.807) is 0 Å². The van der Waals surface area contributed by atoms with Crippen molar-refractivity contribution in [3.8, 4) is 0 Å². The molecule has 1 fully saturated rings. The van der Waals surface area contributed by atoms with Crippen LogP contribution >= 0.6 is 0 Å². The predicted molar refractivity (Wildman–Crippen MR) is 214 cm³/mol. The minimum atomic E-state index is -1.56. The fourth-order valence-electron chi connectivity index (χ4n) is 8.11. The molecular formula is C47H60N2O4. The van der Waals surface area contributed by atoms with Gasteiger partial charge >= 0.3 is 0 Å². The van der Waals surface area contributed by atoms with Crippen LogP contribution in [0, 0.1) is 44.9 Å². The van der Waals surface area contributed by atoms with Crippen LogP contribution in [0.25, 0.3) is 0 Å². The van der Waals surface area contributed by atoms with Crippen LogP contribution in [0.15, 0.2) is 97.1 Å². The van der Waals surface area contributed by atoms with Gasteiger partial charge in [-0.2, -0.15) is 0 Å². The highest BCUT2D eigenvalue weighted by molar-refractivity contribution is 6.05. The number of aliphatic hydroxyl groups is 2. The molecular weight excluding hydrogens is 657 g/mol. The SMILES string of the molecule is Cc1ccc(C(O)(c2ccc(C)cc2)[C@@H](CC(C)C)NC(=O)C2(C(=O)N[C@H](CC(C)C)C(O)(c3ccc(C)cc3)c3ccc(C)cc3)CCCC2)cc1. The monoisotopic (exact) mass is 716 g/mol. The normalized spacial score (nSPS) is 15.7. The van der Waals surface area contributed by atoms with Gasteiger partial charge in [-0.25, -0.2) is 0 Å². The number of rotatable bonds is 14. The minimum absolute atomic E-state index is 0.130. The molecule has 5 rings (SSSR count). The highest BCUT2D eigenvalue weighted by Crippen LogP contribution is 2.43. The summed E-state index contributed by atoms with van der Waals surface area (Å²) in [5.74, 6) is -0.502. The third-order valence-corrected chi connectivity index (χ3v) is 11.3. The molecule has 53 heavy (non-hydrogen) atoms. The van der Waals surface area contributed by atoms with E-state index in [1.807, 2.05) is 125 Å². The van der Waals surface area contributed by atoms with E-state index in [-0.39, 0.29) is 23.7 Å². The summed E-state index contributed by atoms with van der Waals surface area (Å²) in [6.45, 7) is 16.4. The Morgan fingerprint density at radius 3 is 1.00 bits per heavy atom. The number of nitrogens with one attached hydrogen (secondary N) is 2. The van der Waals surface area contributed by atoms with Crippen molar-refractivity contribution in [2.24, 2.45) is 17.3 Å². The number of amides is 2. The Morgan fingerprint density at radius 1 is 0.528 bits per heavy atom. The fraction of sp³-hybridized carbons (Fsp3) is 0.447. The molecule has 0 spiro atoms. The molecule has 4 N–H and O–H groups in total. The number of benzene rings is 4. The first-order chi connectivity index (χ1) is 25.1. The number of hydrogen-bond acceptors (Lipinski definition) is 4. The maximum Gasteiger partial charge on any atom is 0.236 e. The van der Waals surface area contributed by atoms with Crippen LogP contribution in [-0.4, -0.2) is 34.1 Å². The molecule has 2 amide bonds. The molecule has 1 aliphatic carbocycles. The van der Waals surface area contributed by atoms with Crippen LogP contribution in [0.1, 0.15) is 111 Å². The van der Waals surface area contributed by atoms with Gasteiger partial charge in [0.1, 0.15) is 16.6 Å². The van der Waals surface area contributed by atoms with E-state index in [9.17, 15) is 19.8 Å². The third kappa shape index (κ3) is 8.45. The summed E-state index contributed by atoms with van der Waals surface area (Å²) in [5.41, 5.74) is 2.51. The van der Waals surface area contributed by atoms with Gasteiger partial charge in [-0.05, 0) is 87.5 Å². The average Bonchev–Trinajstić information content (AvgIpc) is 3.63. The molecule has 1 saturated carbocycles. The van der Waals surface area contributed by atoms with Crippen molar-refractivity contribution in [3.05, 3.63) is 142 Å². The largest absolute Gasteiger partial charge is 0.378 e. The van der Waals surface area contributed by atoms with Gasteiger partial charge in [0.05, 0.1) is 12.1 Å². The summed E-state index contributed by atoms with van der Waals surface area (Å²) in [6.07, 6.45) is 3.19. The standard InChI is InChI=1S/C47H60N2O4/c1-31(2)29-41(46(52,37-19-11-33(5)12-20-37)38-21-13-34(6)14-22-38)48-43(50)45(27-9-10-28-45)44(51)49-42(30-32(3)4)47(53,39-23-15-35(7)16-24-39)40-25-17-36(8)18-26-40/h11-26,31-32,41-42,52-53H,9-10,27-30H2,1-8H3,(H,48,50)(H,49,51)/t41-,42-/m1/s1. The molecule has 4 aromatic rings. The molecule has 282 valence electrons. The summed E-state index contributed by atoms with van der Waals surface area (Å²) in [7, 11) is 0. The van der Waals surface area contributed by atoms with E-state index < -0.39 is 28.7 Å². The second-order valence-electron chi connectivity index (χ2n) is 16.6. The van der Waals surface area contributed by atoms with Gasteiger partial charge in [-0.3, -0.25) is 9.59 Å². The predicted octanol–water partition coefficient (Wildman–Crippen LogP) is 8.71. The summed E-state index contributed by atoms with van der Waals surface area (Å²) in [6, 6.07) is 29.8. The molecule has 4 aromatic carbocycles. The topological polar surface area (TPSA) is 98.7 Å². The van der Waals surface area contributed by atoms with Crippen molar-refractivity contribution in [1.82, 2.24) is 10.6 Å². The third-order valence-electron chi connectivity index (χ3n) is 11.3. The van der Waals surface area contributed by atoms with Crippen LogP contribution in [0.4, 0.5) is 0 Å². The second kappa shape index (κ2) is 16.4. The quantitative estimate of drug-likeness (QED) is 0.0982. The summed E-state index contributed by atoms with van der Waals surface area (Å²) < 4.78 is 0. The summed E-state index contributed by atoms with van der Waals surface area (Å²) in [4.78, 5) is 29.9. The molecule has 2 atom stereocenters. The molecule has 6 heteroatoms. The first-order valence-corrected chi connectivity index (χ1v) is 19.4. The van der Waals surface area contributed by atoms with E-state index in [2.05, 4.69) is 38.3 Å². The van der Waals surface area contributed by atoms with Crippen molar-refractivity contribution >= 4 is 11.8 Å². The second-order valence-corrected chi connectivity index (χ2v) is 16.6. The van der Waals surface area contributed by atoms with Gasteiger partial charge in [0.25, 0.3) is 0 Å². The lowest BCUT2D eigenvalue weighted by molar-refractivity contribution is -0.146. The molecule has 6 nitrogen and oxygen atoms in total. The maximum atomic E-state index is 14.9. The Kier molecular flexibility index (Phi) is 12.4. The van der Waals surface area contributed by atoms with Crippen molar-refractivity contribution in [2.75, 3.05) is 0 Å². The van der Waals surface area contributed by atoms with Crippen LogP contribution in [0.3, 0.4) is 0 Å². The Hall–Kier alpha value is -4.26. The average molecular weight is 717 g/mol. The molecule has 0 saturated heterocycles. The molecule has 0 aliphatic heterocycles. The van der Waals surface area contributed by atoms with Gasteiger partial charge in [0.2, 0.25) is 11.8 Å². The lowest BCUT2D eigenvalue weighted by Crippen LogP contribution is -2.61. The Balaban J connectivity index is 1.56. The maximum absolute atomic E-state index is 14.9. The first kappa shape index (κ1) is 39.9. The van der Waals surface area contributed by atoms with E-state index in [1.165, 1.54) is 0 Å². The summed E-state index contributed by atoms with van der Waals surface area (Å²) in [5, 5.41) is 32.5. The molecule has 1 aliphatic rings. The van der Waals surface area contributed by atoms with Crippen molar-refractivity contribution < 1.29 is 19.8 Å². The van der Waals surface area contributed by atoms with E-state index in [4.69, 9.17) is 0 Å². The van der Waals surface area contributed by atoms with Crippen molar-refractivity contribution in [3.63, 3.8) is 0 Å². The molecule has 0 aromatic heterocycles. The fourth-order valence-corrected chi connectivity index (χ4v) is 8.11. The van der Waals surface area contributed by atoms with E-state index in [0.29, 0.717) is 47.9 Å². The number of aryl methyl sites for hydroxylation is 4. The Labute approximate surface area is 317 Å². The molecule has 0 radical (unpaired) electrons. The van der Waals surface area contributed by atoms with Crippen LogP contribution in [0.5, 0.6) is 0 Å². The van der Waals surface area contributed by atoms with Gasteiger partial charge in [-0.15, -0.1) is 0 Å². The highest BCUT2D eigenvalue weighted by Gasteiger charge is 2.53. The molecule has 0 unspecified atom stereocenters. The highest BCUT2D eigenvalue weighted by atomic mass is 16.3. The molecule has 0 heterocycles. The van der Waals surface area contributed by atoms with Gasteiger partial charge in [-0.1, -0.05) is 160 Å². The number of hydrogen-bond donors (Lipinski definition) is 4. The lowest BCUT2D eigenvalue weighted by atomic mass is 9.74. The van der Waals surface area contributed by atoms with E-state index in [0.717, 1.165) is 35.1 Å². The summed E-state index contributed by atoms with van der Waals surface area (Å²) >= 11 is 0. The van der Waals surface area contributed by atoms with Crippen LogP contribution in [0.2, 0.25) is 0 Å². The smallest absolute Gasteiger partial charge is 0.236 e. The van der Waals surface area contributed by atoms with Gasteiger partial charge in [0.15, 0.2) is 0 Å². The zero-order valence-electron chi connectivity index (χ0n) is 33.0. The van der Waals surface area contributed by atoms with Gasteiger partial charge < -0.3 is 20.8 Å². The Bertz CT molecular complexity index is 1600. The van der Waals surface area contributed by atoms with Crippen LogP contribution < -0.4 is 10.6 Å². The lowest BCUT2D eigenvalue weighted by Gasteiger charge is -2.42. The number of carbonyl (C=O) groups excluding carboxylic acids is 2. The van der Waals surface area contributed by atoms with Gasteiger partial charge in [0, 0.05) is 0 Å². The zero-order valence-corrected chi connectivity index (χ0v) is 33.0. The van der Waals surface area contributed by atoms with E-state index >= 15 is 0 Å². The van der Waals surface area contributed by atoms with Crippen molar-refractivity contribution in [2.45, 2.75) is 117 Å². The zero-order chi connectivity index (χ0) is 38.6. The van der Waals surface area contributed by atoms with Crippen molar-refractivity contribution in [1.29, 1.82) is 0 Å². The van der Waals surface area contributed by atoms with Crippen LogP contribution in [-0.2, 0) is 20.8 Å².